The number of aryl methyl sites for hydroxylation is 1. The molecule has 7 heteroatoms. The maximum absolute atomic E-state index is 12.6. The Balaban J connectivity index is 1.94. The summed E-state index contributed by atoms with van der Waals surface area (Å²) < 4.78 is 5.02. The number of anilines is 1. The smallest absolute Gasteiger partial charge is 0.337 e. The molecule has 1 aromatic carbocycles. The molecule has 3 rings (SSSR count). The average molecular weight is 342 g/mol. The van der Waals surface area contributed by atoms with Crippen molar-refractivity contribution in [2.45, 2.75) is 26.2 Å². The van der Waals surface area contributed by atoms with Crippen LogP contribution in [0.2, 0.25) is 0 Å². The Morgan fingerprint density at radius 1 is 1.28 bits per heavy atom. The molecule has 0 saturated carbocycles. The number of benzene rings is 1. The van der Waals surface area contributed by atoms with E-state index in [9.17, 15) is 19.5 Å². The fourth-order valence-electron chi connectivity index (χ4n) is 3.12. The Kier molecular flexibility index (Phi) is 4.31. The van der Waals surface area contributed by atoms with E-state index in [1.807, 2.05) is 0 Å². The minimum absolute atomic E-state index is 0.0322. The first-order chi connectivity index (χ1) is 11.9. The van der Waals surface area contributed by atoms with Crippen LogP contribution in [0.1, 0.15) is 55.3 Å². The molecule has 1 aliphatic carbocycles. The van der Waals surface area contributed by atoms with Crippen molar-refractivity contribution in [3.63, 3.8) is 0 Å². The summed E-state index contributed by atoms with van der Waals surface area (Å²) in [6.45, 7) is 1.72. The van der Waals surface area contributed by atoms with Crippen molar-refractivity contribution in [3.05, 3.63) is 46.3 Å². The minimum Gasteiger partial charge on any atom is -0.497 e. The number of rotatable bonds is 4. The molecule has 0 fully saturated rings. The van der Waals surface area contributed by atoms with E-state index in [2.05, 4.69) is 10.3 Å². The molecule has 0 unspecified atom stereocenters. The molecule has 0 radical (unpaired) electrons. The summed E-state index contributed by atoms with van der Waals surface area (Å²) in [6.07, 6.45) is 1.96. The zero-order valence-corrected chi connectivity index (χ0v) is 13.9. The van der Waals surface area contributed by atoms with Crippen LogP contribution in [-0.2, 0) is 6.42 Å². The second-order valence-electron chi connectivity index (χ2n) is 5.93. The van der Waals surface area contributed by atoms with Crippen molar-refractivity contribution < 1.29 is 24.2 Å². The van der Waals surface area contributed by atoms with Crippen LogP contribution in [0.25, 0.3) is 0 Å². The van der Waals surface area contributed by atoms with Crippen LogP contribution >= 0.6 is 0 Å². The van der Waals surface area contributed by atoms with Crippen molar-refractivity contribution in [2.75, 3.05) is 12.4 Å². The Morgan fingerprint density at radius 3 is 2.68 bits per heavy atom. The van der Waals surface area contributed by atoms with Crippen LogP contribution in [0.3, 0.4) is 0 Å². The zero-order valence-electron chi connectivity index (χ0n) is 13.9. The van der Waals surface area contributed by atoms with Gasteiger partial charge in [0.05, 0.1) is 18.4 Å². The van der Waals surface area contributed by atoms with Crippen LogP contribution in [0.4, 0.5) is 5.69 Å². The Bertz CT molecular complexity index is 882. The maximum atomic E-state index is 12.6. The van der Waals surface area contributed by atoms with Gasteiger partial charge in [-0.3, -0.25) is 9.59 Å². The second kappa shape index (κ2) is 6.43. The van der Waals surface area contributed by atoms with Crippen LogP contribution in [-0.4, -0.2) is 34.9 Å². The van der Waals surface area contributed by atoms with Crippen molar-refractivity contribution >= 4 is 23.3 Å². The van der Waals surface area contributed by atoms with Crippen LogP contribution in [0, 0.1) is 6.92 Å². The predicted molar refractivity (Wildman–Crippen MR) is 90.7 cm³/mol. The normalized spacial score (nSPS) is 13.3. The van der Waals surface area contributed by atoms with Gasteiger partial charge < -0.3 is 20.1 Å². The summed E-state index contributed by atoms with van der Waals surface area (Å²) in [5.74, 6) is -1.24. The lowest BCUT2D eigenvalue weighted by Gasteiger charge is -2.10. The van der Waals surface area contributed by atoms with Crippen LogP contribution < -0.4 is 10.1 Å². The highest BCUT2D eigenvalue weighted by Crippen LogP contribution is 2.28. The fourth-order valence-corrected chi connectivity index (χ4v) is 3.12. The van der Waals surface area contributed by atoms with Crippen molar-refractivity contribution in [1.82, 2.24) is 4.98 Å². The van der Waals surface area contributed by atoms with Gasteiger partial charge in [-0.2, -0.15) is 0 Å². The minimum atomic E-state index is -1.17. The number of nitrogens with one attached hydrogen (secondary N) is 2. The number of methoxy groups -OCH3 is 1. The van der Waals surface area contributed by atoms with Gasteiger partial charge in [0.15, 0.2) is 5.78 Å². The molecule has 0 spiro atoms. The number of amides is 1. The van der Waals surface area contributed by atoms with E-state index in [1.165, 1.54) is 19.2 Å². The largest absolute Gasteiger partial charge is 0.497 e. The molecule has 0 atom stereocenters. The van der Waals surface area contributed by atoms with Gasteiger partial charge in [0.25, 0.3) is 5.91 Å². The SMILES string of the molecule is COc1ccc(NC(=O)c2[nH]c3c(c2C)C(=O)CCC3)c(C(=O)O)c1. The molecule has 1 aromatic heterocycles. The lowest BCUT2D eigenvalue weighted by atomic mass is 9.94. The highest BCUT2D eigenvalue weighted by atomic mass is 16.5. The number of carbonyl (C=O) groups is 3. The summed E-state index contributed by atoms with van der Waals surface area (Å²) in [5, 5.41) is 11.9. The zero-order chi connectivity index (χ0) is 18.1. The fraction of sp³-hybridized carbons (Fsp3) is 0.278. The van der Waals surface area contributed by atoms with E-state index in [-0.39, 0.29) is 22.7 Å². The lowest BCUT2D eigenvalue weighted by molar-refractivity contribution is 0.0697. The third-order valence-electron chi connectivity index (χ3n) is 4.37. The summed E-state index contributed by atoms with van der Waals surface area (Å²) in [5.41, 5.74) is 2.33. The van der Waals surface area contributed by atoms with E-state index in [0.29, 0.717) is 23.3 Å². The van der Waals surface area contributed by atoms with Gasteiger partial charge in [-0.05, 0) is 43.5 Å². The standard InChI is InChI=1S/C18H18N2O5/c1-9-15-13(4-3-5-14(15)21)19-16(9)17(22)20-12-7-6-10(25-2)8-11(12)18(23)24/h6-8,19H,3-5H2,1-2H3,(H,20,22)(H,23,24). The van der Waals surface area contributed by atoms with E-state index in [0.717, 1.165) is 18.5 Å². The van der Waals surface area contributed by atoms with E-state index in [4.69, 9.17) is 4.74 Å². The number of ether oxygens (including phenoxy) is 1. The van der Waals surface area contributed by atoms with E-state index >= 15 is 0 Å². The lowest BCUT2D eigenvalue weighted by Crippen LogP contribution is -2.16. The van der Waals surface area contributed by atoms with Gasteiger partial charge in [-0.15, -0.1) is 0 Å². The Labute approximate surface area is 144 Å². The summed E-state index contributed by atoms with van der Waals surface area (Å²) >= 11 is 0. The summed E-state index contributed by atoms with van der Waals surface area (Å²) in [4.78, 5) is 39.1. The van der Waals surface area contributed by atoms with Gasteiger partial charge >= 0.3 is 5.97 Å². The summed E-state index contributed by atoms with van der Waals surface area (Å²) in [7, 11) is 1.43. The molecule has 0 saturated heterocycles. The number of carbonyl (C=O) groups excluding carboxylic acids is 2. The van der Waals surface area contributed by atoms with Crippen molar-refractivity contribution in [3.8, 4) is 5.75 Å². The number of hydrogen-bond acceptors (Lipinski definition) is 4. The highest BCUT2D eigenvalue weighted by Gasteiger charge is 2.26. The number of aromatic carboxylic acids is 1. The first-order valence-electron chi connectivity index (χ1n) is 7.89. The van der Waals surface area contributed by atoms with E-state index < -0.39 is 11.9 Å². The van der Waals surface area contributed by atoms with Crippen molar-refractivity contribution in [1.29, 1.82) is 0 Å². The van der Waals surface area contributed by atoms with Crippen LogP contribution in [0.5, 0.6) is 5.75 Å². The molecular weight excluding hydrogens is 324 g/mol. The van der Waals surface area contributed by atoms with E-state index in [1.54, 1.807) is 13.0 Å². The van der Waals surface area contributed by atoms with Gasteiger partial charge in [0.2, 0.25) is 0 Å². The van der Waals surface area contributed by atoms with Crippen molar-refractivity contribution in [2.24, 2.45) is 0 Å². The number of Topliss-reactive ketones (excluding diaryl/α,β-unsaturated/α-hetero) is 1. The molecule has 1 aliphatic rings. The Morgan fingerprint density at radius 2 is 2.04 bits per heavy atom. The number of carboxylic acid groups (broad SMARTS) is 1. The molecule has 7 nitrogen and oxygen atoms in total. The maximum Gasteiger partial charge on any atom is 0.337 e. The molecular formula is C18H18N2O5. The summed E-state index contributed by atoms with van der Waals surface area (Å²) in [6, 6.07) is 4.38. The molecule has 25 heavy (non-hydrogen) atoms. The first kappa shape index (κ1) is 16.8. The molecule has 2 aromatic rings. The Hall–Kier alpha value is -3.09. The third-order valence-corrected chi connectivity index (χ3v) is 4.37. The number of fused-ring (bicyclic) bond motifs is 1. The van der Waals surface area contributed by atoms with Crippen LogP contribution in [0.15, 0.2) is 18.2 Å². The highest BCUT2D eigenvalue weighted by molar-refractivity contribution is 6.10. The number of aromatic nitrogens is 1. The quantitative estimate of drug-likeness (QED) is 0.792. The van der Waals surface area contributed by atoms with Gasteiger partial charge in [-0.25, -0.2) is 4.79 Å². The van der Waals surface area contributed by atoms with Gasteiger partial charge in [-0.1, -0.05) is 0 Å². The van der Waals surface area contributed by atoms with Gasteiger partial charge in [0.1, 0.15) is 11.4 Å². The number of hydrogen-bond donors (Lipinski definition) is 3. The molecule has 130 valence electrons. The first-order valence-corrected chi connectivity index (χ1v) is 7.89. The number of aromatic amines is 1. The monoisotopic (exact) mass is 342 g/mol. The number of ketones is 1. The topological polar surface area (TPSA) is 108 Å². The predicted octanol–water partition coefficient (Wildman–Crippen LogP) is 2.80. The number of carboxylic acids is 1. The second-order valence-corrected chi connectivity index (χ2v) is 5.93. The average Bonchev–Trinajstić information content (AvgIpc) is 2.93. The molecule has 1 amide bonds. The molecule has 0 aliphatic heterocycles. The van der Waals surface area contributed by atoms with Gasteiger partial charge in [0, 0.05) is 17.7 Å². The number of H-pyrrole nitrogens is 1. The third kappa shape index (κ3) is 3.00. The molecule has 0 bridgehead atoms. The molecule has 1 heterocycles. The molecule has 3 N–H and O–H groups in total.